The van der Waals surface area contributed by atoms with Crippen LogP contribution in [-0.2, 0) is 5.41 Å². The fourth-order valence-electron chi connectivity index (χ4n) is 1.63. The second-order valence-electron chi connectivity index (χ2n) is 5.44. The van der Waals surface area contributed by atoms with Gasteiger partial charge in [-0.05, 0) is 29.9 Å². The summed E-state index contributed by atoms with van der Waals surface area (Å²) in [7, 11) is 0. The lowest BCUT2D eigenvalue weighted by atomic mass is 9.85. The first kappa shape index (κ1) is 11.9. The van der Waals surface area contributed by atoms with Crippen LogP contribution in [-0.4, -0.2) is 22.2 Å². The summed E-state index contributed by atoms with van der Waals surface area (Å²) in [6.07, 6.45) is 3.94. The van der Waals surface area contributed by atoms with Gasteiger partial charge in [-0.2, -0.15) is 0 Å². The first-order valence-corrected chi connectivity index (χ1v) is 5.78. The van der Waals surface area contributed by atoms with Gasteiger partial charge in [-0.3, -0.25) is 0 Å². The number of rotatable bonds is 3. The van der Waals surface area contributed by atoms with E-state index in [1.54, 1.807) is 6.07 Å². The lowest BCUT2D eigenvalue weighted by molar-refractivity contribution is 0.0687. The van der Waals surface area contributed by atoms with Gasteiger partial charge >= 0.3 is 5.97 Å². The topological polar surface area (TPSA) is 59.4 Å². The molecule has 1 aromatic rings. The van der Waals surface area contributed by atoms with Gasteiger partial charge in [-0.25, -0.2) is 9.78 Å². The molecule has 1 heterocycles. The van der Waals surface area contributed by atoms with Crippen molar-refractivity contribution in [2.24, 2.45) is 0 Å². The van der Waals surface area contributed by atoms with Gasteiger partial charge in [0.25, 0.3) is 0 Å². The third-order valence-corrected chi connectivity index (χ3v) is 2.70. The Bertz CT molecular complexity index is 444. The Morgan fingerprint density at radius 3 is 2.59 bits per heavy atom. The molecule has 0 aromatic carbocycles. The highest BCUT2D eigenvalue weighted by molar-refractivity contribution is 5.87. The first-order chi connectivity index (χ1) is 7.88. The molecular weight excluding hydrogens is 218 g/mol. The maximum atomic E-state index is 11.1. The minimum Gasteiger partial charge on any atom is -0.489 e. The molecule has 0 bridgehead atoms. The molecule has 1 aromatic heterocycles. The number of ether oxygens (including phenoxy) is 1. The Hall–Kier alpha value is -1.58. The number of carbonyl (C=O) groups is 1. The number of carboxylic acid groups (broad SMARTS) is 1. The minimum atomic E-state index is -0.993. The Kier molecular flexibility index (Phi) is 2.81. The lowest BCUT2D eigenvalue weighted by Crippen LogP contribution is -2.18. The van der Waals surface area contributed by atoms with E-state index < -0.39 is 5.97 Å². The third kappa shape index (κ3) is 2.75. The first-order valence-electron chi connectivity index (χ1n) is 5.78. The van der Waals surface area contributed by atoms with E-state index in [-0.39, 0.29) is 11.1 Å². The maximum absolute atomic E-state index is 11.1. The second-order valence-corrected chi connectivity index (χ2v) is 5.44. The molecule has 1 aliphatic carbocycles. The van der Waals surface area contributed by atoms with E-state index in [1.807, 2.05) is 20.8 Å². The molecule has 0 saturated heterocycles. The van der Waals surface area contributed by atoms with E-state index >= 15 is 0 Å². The number of carboxylic acids is 1. The molecule has 4 nitrogen and oxygen atoms in total. The van der Waals surface area contributed by atoms with Crippen molar-refractivity contribution < 1.29 is 14.6 Å². The zero-order chi connectivity index (χ0) is 12.6. The van der Waals surface area contributed by atoms with Crippen molar-refractivity contribution in [1.82, 2.24) is 4.98 Å². The van der Waals surface area contributed by atoms with Crippen LogP contribution >= 0.6 is 0 Å². The number of hydrogen-bond acceptors (Lipinski definition) is 3. The standard InChI is InChI=1S/C13H17NO3/c1-13(2,3)10-6-9(17-8-4-5-8)7-14-11(10)12(15)16/h6-8H,4-5H2,1-3H3,(H,15,16). The molecule has 4 heteroatoms. The van der Waals surface area contributed by atoms with Crippen LogP contribution in [0.15, 0.2) is 12.3 Å². The van der Waals surface area contributed by atoms with Gasteiger partial charge in [0.15, 0.2) is 5.69 Å². The summed E-state index contributed by atoms with van der Waals surface area (Å²) in [6.45, 7) is 5.91. The fourth-order valence-corrected chi connectivity index (χ4v) is 1.63. The molecule has 0 unspecified atom stereocenters. The number of nitrogens with zero attached hydrogens (tertiary/aromatic N) is 1. The van der Waals surface area contributed by atoms with Crippen molar-refractivity contribution in [3.05, 3.63) is 23.5 Å². The summed E-state index contributed by atoms with van der Waals surface area (Å²) in [4.78, 5) is 15.1. The summed E-state index contributed by atoms with van der Waals surface area (Å²) in [5.74, 6) is -0.324. The van der Waals surface area contributed by atoms with Crippen LogP contribution in [0.4, 0.5) is 0 Å². The smallest absolute Gasteiger partial charge is 0.354 e. The highest BCUT2D eigenvalue weighted by atomic mass is 16.5. The number of aromatic carboxylic acids is 1. The number of aromatic nitrogens is 1. The summed E-state index contributed by atoms with van der Waals surface area (Å²) in [5, 5.41) is 9.11. The van der Waals surface area contributed by atoms with Crippen molar-refractivity contribution in [3.8, 4) is 5.75 Å². The van der Waals surface area contributed by atoms with Crippen molar-refractivity contribution in [2.45, 2.75) is 45.1 Å². The average Bonchev–Trinajstić information content (AvgIpc) is 3.00. The van der Waals surface area contributed by atoms with Crippen molar-refractivity contribution in [3.63, 3.8) is 0 Å². The molecule has 1 fully saturated rings. The molecule has 1 aliphatic rings. The second kappa shape index (κ2) is 4.02. The van der Waals surface area contributed by atoms with Crippen LogP contribution in [0.5, 0.6) is 5.75 Å². The third-order valence-electron chi connectivity index (χ3n) is 2.70. The van der Waals surface area contributed by atoms with E-state index in [1.165, 1.54) is 6.20 Å². The SMILES string of the molecule is CC(C)(C)c1cc(OC2CC2)cnc1C(=O)O. The zero-order valence-electron chi connectivity index (χ0n) is 10.4. The van der Waals surface area contributed by atoms with Crippen LogP contribution in [0.2, 0.25) is 0 Å². The summed E-state index contributed by atoms with van der Waals surface area (Å²) >= 11 is 0. The molecule has 0 atom stereocenters. The molecule has 0 spiro atoms. The zero-order valence-corrected chi connectivity index (χ0v) is 10.4. The van der Waals surface area contributed by atoms with Crippen molar-refractivity contribution in [1.29, 1.82) is 0 Å². The van der Waals surface area contributed by atoms with Crippen molar-refractivity contribution in [2.75, 3.05) is 0 Å². The van der Waals surface area contributed by atoms with E-state index in [0.717, 1.165) is 12.8 Å². The van der Waals surface area contributed by atoms with Gasteiger partial charge < -0.3 is 9.84 Å². The highest BCUT2D eigenvalue weighted by Crippen LogP contribution is 2.31. The van der Waals surface area contributed by atoms with E-state index in [9.17, 15) is 4.79 Å². The quantitative estimate of drug-likeness (QED) is 0.874. The molecule has 17 heavy (non-hydrogen) atoms. The van der Waals surface area contributed by atoms with Gasteiger partial charge in [-0.1, -0.05) is 20.8 Å². The molecule has 2 rings (SSSR count). The normalized spacial score (nSPS) is 15.7. The van der Waals surface area contributed by atoms with Gasteiger partial charge in [0.2, 0.25) is 0 Å². The van der Waals surface area contributed by atoms with Crippen LogP contribution in [0, 0.1) is 0 Å². The Balaban J connectivity index is 2.38. The van der Waals surface area contributed by atoms with E-state index in [0.29, 0.717) is 17.4 Å². The number of pyridine rings is 1. The fraction of sp³-hybridized carbons (Fsp3) is 0.538. The Morgan fingerprint density at radius 2 is 2.12 bits per heavy atom. The Morgan fingerprint density at radius 1 is 1.47 bits per heavy atom. The van der Waals surface area contributed by atoms with Crippen LogP contribution in [0.1, 0.15) is 49.7 Å². The summed E-state index contributed by atoms with van der Waals surface area (Å²) in [5.41, 5.74) is 0.563. The van der Waals surface area contributed by atoms with Crippen molar-refractivity contribution >= 4 is 5.97 Å². The van der Waals surface area contributed by atoms with Gasteiger partial charge in [0, 0.05) is 0 Å². The largest absolute Gasteiger partial charge is 0.489 e. The monoisotopic (exact) mass is 235 g/mol. The lowest BCUT2D eigenvalue weighted by Gasteiger charge is -2.21. The summed E-state index contributed by atoms with van der Waals surface area (Å²) < 4.78 is 5.64. The van der Waals surface area contributed by atoms with Gasteiger partial charge in [0.05, 0.1) is 12.3 Å². The van der Waals surface area contributed by atoms with Crippen LogP contribution in [0.3, 0.4) is 0 Å². The van der Waals surface area contributed by atoms with Crippen LogP contribution < -0.4 is 4.74 Å². The highest BCUT2D eigenvalue weighted by Gasteiger charge is 2.27. The van der Waals surface area contributed by atoms with E-state index in [4.69, 9.17) is 9.84 Å². The molecule has 1 N–H and O–H groups in total. The molecule has 0 aliphatic heterocycles. The van der Waals surface area contributed by atoms with Crippen LogP contribution in [0.25, 0.3) is 0 Å². The minimum absolute atomic E-state index is 0.112. The summed E-state index contributed by atoms with van der Waals surface area (Å²) in [6, 6.07) is 1.80. The maximum Gasteiger partial charge on any atom is 0.354 e. The number of hydrogen-bond donors (Lipinski definition) is 1. The van der Waals surface area contributed by atoms with E-state index in [2.05, 4.69) is 4.98 Å². The molecular formula is C13H17NO3. The van der Waals surface area contributed by atoms with Gasteiger partial charge in [-0.15, -0.1) is 0 Å². The Labute approximate surface area is 101 Å². The molecule has 92 valence electrons. The van der Waals surface area contributed by atoms with Gasteiger partial charge in [0.1, 0.15) is 5.75 Å². The molecule has 1 saturated carbocycles. The average molecular weight is 235 g/mol. The predicted octanol–water partition coefficient (Wildman–Crippen LogP) is 2.62. The molecule has 0 radical (unpaired) electrons. The molecule has 0 amide bonds. The predicted molar refractivity (Wildman–Crippen MR) is 63.5 cm³/mol.